The summed E-state index contributed by atoms with van der Waals surface area (Å²) in [7, 11) is 3.34. The highest BCUT2D eigenvalue weighted by Crippen LogP contribution is 2.36. The molecule has 1 unspecified atom stereocenters. The summed E-state index contributed by atoms with van der Waals surface area (Å²) in [4.78, 5) is 24.9. The summed E-state index contributed by atoms with van der Waals surface area (Å²) in [6, 6.07) is -0.757. The highest BCUT2D eigenvalue weighted by atomic mass is 16.7. The first-order valence-corrected chi connectivity index (χ1v) is 11.6. The lowest BCUT2D eigenvalue weighted by molar-refractivity contribution is -0.228. The third kappa shape index (κ3) is 11.1. The van der Waals surface area contributed by atoms with Crippen molar-refractivity contribution in [2.75, 3.05) is 27.4 Å². The first kappa shape index (κ1) is 28.2. The molecule has 0 spiro atoms. The van der Waals surface area contributed by atoms with Crippen molar-refractivity contribution in [2.45, 2.75) is 96.5 Å². The van der Waals surface area contributed by atoms with Crippen LogP contribution >= 0.6 is 0 Å². The van der Waals surface area contributed by atoms with E-state index in [1.54, 1.807) is 41.9 Å². The van der Waals surface area contributed by atoms with E-state index < -0.39 is 29.5 Å². The molecule has 1 fully saturated rings. The molecule has 0 aliphatic heterocycles. The van der Waals surface area contributed by atoms with Crippen molar-refractivity contribution in [2.24, 2.45) is 5.92 Å². The summed E-state index contributed by atoms with van der Waals surface area (Å²) in [6.45, 7) is 7.97. The third-order valence-electron chi connectivity index (χ3n) is 5.67. The molecular weight excluding hydrogens is 414 g/mol. The first-order valence-electron chi connectivity index (χ1n) is 11.6. The van der Waals surface area contributed by atoms with Gasteiger partial charge in [0.15, 0.2) is 5.79 Å². The fraction of sp³-hybridized carbons (Fsp3) is 0.870. The summed E-state index contributed by atoms with van der Waals surface area (Å²) in [5.74, 6) is -0.0653. The number of methoxy groups -OCH3 is 2. The van der Waals surface area contributed by atoms with E-state index in [1.165, 1.54) is 0 Å². The van der Waals surface area contributed by atoms with Gasteiger partial charge in [0.1, 0.15) is 11.6 Å². The number of nitrogens with one attached hydrogen (secondary N) is 3. The minimum atomic E-state index is -0.757. The number of amides is 1. The number of ether oxygens (including phenoxy) is 4. The second-order valence-electron chi connectivity index (χ2n) is 9.46. The van der Waals surface area contributed by atoms with Gasteiger partial charge in [0.2, 0.25) is 0 Å². The van der Waals surface area contributed by atoms with Crippen LogP contribution in [0.15, 0.2) is 0 Å². The number of rotatable bonds is 12. The Bertz CT molecular complexity index is 591. The van der Waals surface area contributed by atoms with Crippen molar-refractivity contribution in [1.82, 2.24) is 10.6 Å². The Hall–Kier alpha value is -1.87. The second kappa shape index (κ2) is 13.6. The van der Waals surface area contributed by atoms with Crippen LogP contribution in [0.3, 0.4) is 0 Å². The standard InChI is InChI=1S/C23H43N3O6/c1-17(24)25-15-8-7-9-19(26-21(28)32-22(2,3)4)20(27)31-16-12-18-10-13-23(29-5,30-6)14-11-18/h18-19H,7-16H2,1-6H3,(H2,24,25)(H,26,28). The van der Waals surface area contributed by atoms with Crippen molar-refractivity contribution in [1.29, 1.82) is 5.41 Å². The van der Waals surface area contributed by atoms with Crippen LogP contribution in [0.25, 0.3) is 0 Å². The summed E-state index contributed by atoms with van der Waals surface area (Å²) in [5, 5.41) is 13.0. The molecule has 186 valence electrons. The summed E-state index contributed by atoms with van der Waals surface area (Å²) < 4.78 is 21.8. The number of esters is 1. The number of carbonyl (C=O) groups is 2. The minimum Gasteiger partial charge on any atom is -0.464 e. The Morgan fingerprint density at radius 2 is 1.75 bits per heavy atom. The molecule has 0 aromatic rings. The van der Waals surface area contributed by atoms with Crippen LogP contribution in [0.2, 0.25) is 0 Å². The second-order valence-corrected chi connectivity index (χ2v) is 9.46. The molecule has 0 bridgehead atoms. The van der Waals surface area contributed by atoms with Crippen LogP contribution in [0.1, 0.15) is 79.1 Å². The van der Waals surface area contributed by atoms with E-state index in [-0.39, 0.29) is 0 Å². The molecule has 0 saturated heterocycles. The molecular formula is C23H43N3O6. The van der Waals surface area contributed by atoms with E-state index in [4.69, 9.17) is 24.4 Å². The highest BCUT2D eigenvalue weighted by molar-refractivity contribution is 5.81. The van der Waals surface area contributed by atoms with Crippen LogP contribution in [0.4, 0.5) is 4.79 Å². The molecule has 0 radical (unpaired) electrons. The quantitative estimate of drug-likeness (QED) is 0.134. The Morgan fingerprint density at radius 3 is 2.28 bits per heavy atom. The molecule has 0 aromatic carbocycles. The zero-order valence-corrected chi connectivity index (χ0v) is 20.7. The largest absolute Gasteiger partial charge is 0.464 e. The molecule has 3 N–H and O–H groups in total. The molecule has 0 heterocycles. The van der Waals surface area contributed by atoms with Crippen molar-refractivity contribution in [3.63, 3.8) is 0 Å². The van der Waals surface area contributed by atoms with Gasteiger partial charge < -0.3 is 29.6 Å². The van der Waals surface area contributed by atoms with Gasteiger partial charge in [-0.3, -0.25) is 5.41 Å². The van der Waals surface area contributed by atoms with Gasteiger partial charge in [0, 0.05) is 33.6 Å². The van der Waals surface area contributed by atoms with Crippen LogP contribution in [0.5, 0.6) is 0 Å². The maximum Gasteiger partial charge on any atom is 0.408 e. The maximum absolute atomic E-state index is 12.7. The van der Waals surface area contributed by atoms with Crippen molar-refractivity contribution >= 4 is 17.9 Å². The smallest absolute Gasteiger partial charge is 0.408 e. The number of alkyl carbamates (subject to hydrolysis) is 1. The molecule has 32 heavy (non-hydrogen) atoms. The average Bonchev–Trinajstić information content (AvgIpc) is 2.71. The van der Waals surface area contributed by atoms with Gasteiger partial charge in [0.25, 0.3) is 0 Å². The molecule has 1 atom stereocenters. The fourth-order valence-corrected chi connectivity index (χ4v) is 3.77. The molecule has 1 amide bonds. The van der Waals surface area contributed by atoms with E-state index in [1.807, 2.05) is 0 Å². The zero-order valence-electron chi connectivity index (χ0n) is 20.7. The van der Waals surface area contributed by atoms with E-state index >= 15 is 0 Å². The van der Waals surface area contributed by atoms with Gasteiger partial charge in [-0.05, 0) is 72.1 Å². The van der Waals surface area contributed by atoms with Gasteiger partial charge in [-0.15, -0.1) is 0 Å². The lowest BCUT2D eigenvalue weighted by Gasteiger charge is -2.37. The minimum absolute atomic E-state index is 0.317. The molecule has 1 rings (SSSR count). The first-order chi connectivity index (χ1) is 15.0. The molecule has 1 aliphatic rings. The zero-order chi connectivity index (χ0) is 24.2. The fourth-order valence-electron chi connectivity index (χ4n) is 3.77. The van der Waals surface area contributed by atoms with Crippen LogP contribution < -0.4 is 10.6 Å². The number of hydrogen-bond donors (Lipinski definition) is 3. The van der Waals surface area contributed by atoms with Crippen LogP contribution in [-0.4, -0.2) is 62.7 Å². The predicted molar refractivity (Wildman–Crippen MR) is 123 cm³/mol. The van der Waals surface area contributed by atoms with E-state index in [9.17, 15) is 9.59 Å². The van der Waals surface area contributed by atoms with Crippen molar-refractivity contribution in [3.8, 4) is 0 Å². The topological polar surface area (TPSA) is 119 Å². The Morgan fingerprint density at radius 1 is 1.12 bits per heavy atom. The number of amidine groups is 1. The lowest BCUT2D eigenvalue weighted by Crippen LogP contribution is -2.44. The lowest BCUT2D eigenvalue weighted by atomic mass is 9.83. The summed E-state index contributed by atoms with van der Waals surface area (Å²) in [5.41, 5.74) is -0.648. The molecule has 1 saturated carbocycles. The van der Waals surface area contributed by atoms with Gasteiger partial charge in [-0.25, -0.2) is 9.59 Å². The van der Waals surface area contributed by atoms with Crippen molar-refractivity contribution < 1.29 is 28.5 Å². The Kier molecular flexibility index (Phi) is 12.0. The Labute approximate surface area is 192 Å². The monoisotopic (exact) mass is 457 g/mol. The van der Waals surface area contributed by atoms with E-state index in [0.29, 0.717) is 37.7 Å². The highest BCUT2D eigenvalue weighted by Gasteiger charge is 2.35. The van der Waals surface area contributed by atoms with Crippen molar-refractivity contribution in [3.05, 3.63) is 0 Å². The maximum atomic E-state index is 12.7. The van der Waals surface area contributed by atoms with Gasteiger partial charge in [0.05, 0.1) is 12.4 Å². The van der Waals surface area contributed by atoms with E-state index in [2.05, 4.69) is 10.6 Å². The van der Waals surface area contributed by atoms with E-state index in [0.717, 1.165) is 38.5 Å². The van der Waals surface area contributed by atoms with Crippen LogP contribution in [0, 0.1) is 11.3 Å². The molecule has 0 aromatic heterocycles. The number of carbonyl (C=O) groups excluding carboxylic acids is 2. The predicted octanol–water partition coefficient (Wildman–Crippen LogP) is 3.75. The van der Waals surface area contributed by atoms with Gasteiger partial charge in [-0.2, -0.15) is 0 Å². The Balaban J connectivity index is 2.49. The normalized spacial score (nSPS) is 17.3. The number of unbranched alkanes of at least 4 members (excludes halogenated alkanes) is 1. The summed E-state index contributed by atoms with van der Waals surface area (Å²) >= 11 is 0. The third-order valence-corrected chi connectivity index (χ3v) is 5.67. The van der Waals surface area contributed by atoms with Gasteiger partial charge >= 0.3 is 12.1 Å². The molecule has 9 nitrogen and oxygen atoms in total. The SMILES string of the molecule is COC1(OC)CCC(CCOC(=O)C(CCCCNC(C)=N)NC(=O)OC(C)(C)C)CC1. The molecule has 1 aliphatic carbocycles. The average molecular weight is 458 g/mol. The number of hydrogen-bond acceptors (Lipinski definition) is 7. The molecule has 9 heteroatoms. The summed E-state index contributed by atoms with van der Waals surface area (Å²) in [6.07, 6.45) is 5.64. The van der Waals surface area contributed by atoms with Gasteiger partial charge in [-0.1, -0.05) is 0 Å². The van der Waals surface area contributed by atoms with Crippen LogP contribution in [-0.2, 0) is 23.7 Å².